The molecular formula is C11H11FN2O3. The van der Waals surface area contributed by atoms with Gasteiger partial charge >= 0.3 is 12.0 Å². The Kier molecular flexibility index (Phi) is 2.71. The van der Waals surface area contributed by atoms with E-state index < -0.39 is 17.5 Å². The molecule has 1 saturated heterocycles. The molecule has 2 amide bonds. The summed E-state index contributed by atoms with van der Waals surface area (Å²) in [4.78, 5) is 22.3. The van der Waals surface area contributed by atoms with Gasteiger partial charge in [-0.25, -0.2) is 14.0 Å². The molecule has 0 spiro atoms. The van der Waals surface area contributed by atoms with Crippen LogP contribution in [0.5, 0.6) is 0 Å². The summed E-state index contributed by atoms with van der Waals surface area (Å²) in [6.45, 7) is 0.0124. The molecule has 90 valence electrons. The van der Waals surface area contributed by atoms with Crippen molar-refractivity contribution < 1.29 is 19.1 Å². The van der Waals surface area contributed by atoms with E-state index >= 15 is 0 Å². The summed E-state index contributed by atoms with van der Waals surface area (Å²) >= 11 is 0. The Bertz CT molecular complexity index is 460. The molecule has 0 radical (unpaired) electrons. The highest BCUT2D eigenvalue weighted by atomic mass is 19.1. The number of aliphatic carboxylic acids is 1. The van der Waals surface area contributed by atoms with Crippen molar-refractivity contribution in [2.45, 2.75) is 12.0 Å². The zero-order chi connectivity index (χ0) is 12.5. The third-order valence-corrected chi connectivity index (χ3v) is 2.73. The Morgan fingerprint density at radius 3 is 2.53 bits per heavy atom. The van der Waals surface area contributed by atoms with E-state index in [1.807, 2.05) is 0 Å². The number of carbonyl (C=O) groups is 2. The average Bonchev–Trinajstić information content (AvgIpc) is 2.65. The lowest BCUT2D eigenvalue weighted by molar-refractivity contribution is -0.143. The van der Waals surface area contributed by atoms with E-state index in [2.05, 4.69) is 10.6 Å². The fourth-order valence-electron chi connectivity index (χ4n) is 1.80. The number of carbonyl (C=O) groups excluding carboxylic acids is 1. The normalized spacial score (nSPS) is 23.0. The molecule has 6 heteroatoms. The van der Waals surface area contributed by atoms with Gasteiger partial charge in [-0.05, 0) is 17.7 Å². The standard InChI is InChI=1S/C11H11FN2O3/c12-8-3-1-7(2-4-8)5-11(9(15)16)6-13-10(17)14-11/h1-4H,5-6H2,(H,15,16)(H2,13,14,17). The van der Waals surface area contributed by atoms with Gasteiger partial charge in [0, 0.05) is 6.42 Å². The number of carboxylic acid groups (broad SMARTS) is 1. The van der Waals surface area contributed by atoms with Crippen molar-refractivity contribution in [2.75, 3.05) is 6.54 Å². The molecular weight excluding hydrogens is 227 g/mol. The fourth-order valence-corrected chi connectivity index (χ4v) is 1.80. The van der Waals surface area contributed by atoms with Gasteiger partial charge in [-0.15, -0.1) is 0 Å². The quantitative estimate of drug-likeness (QED) is 0.717. The highest BCUT2D eigenvalue weighted by Gasteiger charge is 2.44. The maximum atomic E-state index is 12.7. The predicted molar refractivity (Wildman–Crippen MR) is 57.0 cm³/mol. The first kappa shape index (κ1) is 11.4. The van der Waals surface area contributed by atoms with Gasteiger partial charge in [0.25, 0.3) is 0 Å². The SMILES string of the molecule is O=C1NCC(Cc2ccc(F)cc2)(C(=O)O)N1. The summed E-state index contributed by atoms with van der Waals surface area (Å²) < 4.78 is 12.7. The third-order valence-electron chi connectivity index (χ3n) is 2.73. The van der Waals surface area contributed by atoms with Gasteiger partial charge in [0.05, 0.1) is 6.54 Å². The third kappa shape index (κ3) is 2.20. The second-order valence-corrected chi connectivity index (χ2v) is 4.00. The van der Waals surface area contributed by atoms with Crippen LogP contribution in [0.15, 0.2) is 24.3 Å². The lowest BCUT2D eigenvalue weighted by Gasteiger charge is -2.22. The maximum Gasteiger partial charge on any atom is 0.331 e. The van der Waals surface area contributed by atoms with Crippen LogP contribution < -0.4 is 10.6 Å². The highest BCUT2D eigenvalue weighted by molar-refractivity contribution is 5.90. The molecule has 1 aromatic rings. The molecule has 1 heterocycles. The lowest BCUT2D eigenvalue weighted by atomic mass is 9.92. The highest BCUT2D eigenvalue weighted by Crippen LogP contribution is 2.17. The van der Waals surface area contributed by atoms with Gasteiger partial charge < -0.3 is 15.7 Å². The molecule has 3 N–H and O–H groups in total. The molecule has 1 fully saturated rings. The molecule has 17 heavy (non-hydrogen) atoms. The molecule has 0 bridgehead atoms. The van der Waals surface area contributed by atoms with Crippen molar-refractivity contribution in [1.29, 1.82) is 0 Å². The van der Waals surface area contributed by atoms with Crippen LogP contribution >= 0.6 is 0 Å². The Morgan fingerprint density at radius 2 is 2.06 bits per heavy atom. The van der Waals surface area contributed by atoms with E-state index in [9.17, 15) is 14.0 Å². The van der Waals surface area contributed by atoms with Gasteiger partial charge in [-0.2, -0.15) is 0 Å². The Hall–Kier alpha value is -2.11. The minimum Gasteiger partial charge on any atom is -0.479 e. The summed E-state index contributed by atoms with van der Waals surface area (Å²) in [5, 5.41) is 14.0. The molecule has 1 atom stereocenters. The Balaban J connectivity index is 2.22. The van der Waals surface area contributed by atoms with Crippen molar-refractivity contribution in [1.82, 2.24) is 10.6 Å². The van der Waals surface area contributed by atoms with E-state index in [-0.39, 0.29) is 18.8 Å². The lowest BCUT2D eigenvalue weighted by Crippen LogP contribution is -2.52. The number of hydrogen-bond acceptors (Lipinski definition) is 2. The molecule has 0 saturated carbocycles. The molecule has 5 nitrogen and oxygen atoms in total. The van der Waals surface area contributed by atoms with Gasteiger partial charge in [0.15, 0.2) is 5.54 Å². The van der Waals surface area contributed by atoms with Crippen LogP contribution in [0.3, 0.4) is 0 Å². The van der Waals surface area contributed by atoms with Crippen LogP contribution in [0.4, 0.5) is 9.18 Å². The summed E-state index contributed by atoms with van der Waals surface area (Å²) in [7, 11) is 0. The van der Waals surface area contributed by atoms with Crippen molar-refractivity contribution in [2.24, 2.45) is 0 Å². The molecule has 1 aliphatic heterocycles. The van der Waals surface area contributed by atoms with Crippen LogP contribution in [-0.2, 0) is 11.2 Å². The van der Waals surface area contributed by atoms with E-state index in [4.69, 9.17) is 5.11 Å². The Morgan fingerprint density at radius 1 is 1.41 bits per heavy atom. The fraction of sp³-hybridized carbons (Fsp3) is 0.273. The number of nitrogens with one attached hydrogen (secondary N) is 2. The van der Waals surface area contributed by atoms with Crippen LogP contribution in [0.1, 0.15) is 5.56 Å². The number of carboxylic acids is 1. The first-order valence-corrected chi connectivity index (χ1v) is 5.06. The number of urea groups is 1. The van der Waals surface area contributed by atoms with E-state index in [1.54, 1.807) is 0 Å². The van der Waals surface area contributed by atoms with Crippen molar-refractivity contribution in [3.63, 3.8) is 0 Å². The minimum atomic E-state index is -1.35. The summed E-state index contributed by atoms with van der Waals surface area (Å²) in [5.41, 5.74) is -0.702. The van der Waals surface area contributed by atoms with Crippen LogP contribution in [0.25, 0.3) is 0 Å². The number of rotatable bonds is 3. The molecule has 0 aromatic heterocycles. The minimum absolute atomic E-state index is 0.0124. The van der Waals surface area contributed by atoms with Crippen molar-refractivity contribution >= 4 is 12.0 Å². The second kappa shape index (κ2) is 4.04. The van der Waals surface area contributed by atoms with E-state index in [0.717, 1.165) is 0 Å². The van der Waals surface area contributed by atoms with E-state index in [1.165, 1.54) is 24.3 Å². The van der Waals surface area contributed by atoms with Crippen LogP contribution in [0.2, 0.25) is 0 Å². The Labute approximate surface area is 96.6 Å². The van der Waals surface area contributed by atoms with Crippen LogP contribution in [-0.4, -0.2) is 29.2 Å². The number of halogens is 1. The summed E-state index contributed by atoms with van der Waals surface area (Å²) in [6, 6.07) is 5.02. The topological polar surface area (TPSA) is 78.4 Å². The molecule has 1 aliphatic rings. The average molecular weight is 238 g/mol. The first-order chi connectivity index (χ1) is 8.02. The number of benzene rings is 1. The smallest absolute Gasteiger partial charge is 0.331 e. The molecule has 2 rings (SSSR count). The van der Waals surface area contributed by atoms with Gasteiger partial charge in [0.2, 0.25) is 0 Å². The van der Waals surface area contributed by atoms with E-state index in [0.29, 0.717) is 5.56 Å². The summed E-state index contributed by atoms with van der Waals surface area (Å²) in [6.07, 6.45) is 0.112. The molecule has 0 aliphatic carbocycles. The zero-order valence-electron chi connectivity index (χ0n) is 8.87. The zero-order valence-corrected chi connectivity index (χ0v) is 8.87. The largest absolute Gasteiger partial charge is 0.479 e. The van der Waals surface area contributed by atoms with Crippen molar-refractivity contribution in [3.8, 4) is 0 Å². The molecule has 1 aromatic carbocycles. The van der Waals surface area contributed by atoms with Crippen molar-refractivity contribution in [3.05, 3.63) is 35.6 Å². The van der Waals surface area contributed by atoms with Gasteiger partial charge in [-0.3, -0.25) is 0 Å². The summed E-state index contributed by atoms with van der Waals surface area (Å²) in [5.74, 6) is -1.49. The van der Waals surface area contributed by atoms with Crippen LogP contribution in [0, 0.1) is 5.82 Å². The number of hydrogen-bond donors (Lipinski definition) is 3. The van der Waals surface area contributed by atoms with Gasteiger partial charge in [0.1, 0.15) is 5.82 Å². The molecule has 1 unspecified atom stereocenters. The van der Waals surface area contributed by atoms with Gasteiger partial charge in [-0.1, -0.05) is 12.1 Å². The second-order valence-electron chi connectivity index (χ2n) is 4.00. The maximum absolute atomic E-state index is 12.7. The monoisotopic (exact) mass is 238 g/mol. The predicted octanol–water partition coefficient (Wildman–Crippen LogP) is 0.504. The number of amides is 2. The first-order valence-electron chi connectivity index (χ1n) is 5.06.